The summed E-state index contributed by atoms with van der Waals surface area (Å²) >= 11 is 0. The quantitative estimate of drug-likeness (QED) is 0.641. The molecule has 24 heavy (non-hydrogen) atoms. The second-order valence-electron chi connectivity index (χ2n) is 6.03. The molecule has 1 atom stereocenters. The Morgan fingerprint density at radius 2 is 1.92 bits per heavy atom. The number of hydrogen-bond acceptors (Lipinski definition) is 6. The van der Waals surface area contributed by atoms with Gasteiger partial charge in [-0.25, -0.2) is 18.4 Å². The number of nitrogens with two attached hydrogens (primary N) is 1. The van der Waals surface area contributed by atoms with Gasteiger partial charge < -0.3 is 14.5 Å². The second-order valence-corrected chi connectivity index (χ2v) is 7.53. The van der Waals surface area contributed by atoms with Crippen LogP contribution < -0.4 is 10.5 Å². The van der Waals surface area contributed by atoms with Gasteiger partial charge in [0.2, 0.25) is 10.9 Å². The molecular weight excluding hydrogens is 336 g/mol. The normalized spacial score (nSPS) is 12.9. The molecule has 0 saturated carbocycles. The zero-order valence-corrected chi connectivity index (χ0v) is 14.9. The van der Waals surface area contributed by atoms with Crippen molar-refractivity contribution in [2.75, 3.05) is 6.61 Å². The summed E-state index contributed by atoms with van der Waals surface area (Å²) in [5.74, 6) is -1.09. The van der Waals surface area contributed by atoms with Gasteiger partial charge in [0.15, 0.2) is 6.61 Å². The monoisotopic (exact) mass is 360 g/mol. The van der Waals surface area contributed by atoms with E-state index in [9.17, 15) is 18.0 Å². The molecule has 0 bridgehead atoms. The third-order valence-electron chi connectivity index (χ3n) is 3.22. The van der Waals surface area contributed by atoms with Gasteiger partial charge >= 0.3 is 5.97 Å². The molecule has 0 aliphatic heterocycles. The van der Waals surface area contributed by atoms with Crippen molar-refractivity contribution in [2.45, 2.75) is 51.2 Å². The van der Waals surface area contributed by atoms with E-state index in [-0.39, 0.29) is 11.8 Å². The lowest BCUT2D eigenvalue weighted by atomic mass is 10.0. The summed E-state index contributed by atoms with van der Waals surface area (Å²) in [6.45, 7) is 5.68. The number of rotatable bonds is 9. The molecule has 1 unspecified atom stereocenters. The first-order chi connectivity index (χ1) is 11.1. The molecule has 3 N–H and O–H groups in total. The van der Waals surface area contributed by atoms with E-state index in [4.69, 9.17) is 14.3 Å². The number of furan rings is 1. The smallest absolute Gasteiger partial charge is 0.374 e. The van der Waals surface area contributed by atoms with E-state index in [1.54, 1.807) is 0 Å². The largest absolute Gasteiger partial charge is 0.450 e. The number of ether oxygens (including phenoxy) is 1. The molecule has 0 aromatic carbocycles. The van der Waals surface area contributed by atoms with Gasteiger partial charge in [0.05, 0.1) is 0 Å². The van der Waals surface area contributed by atoms with Crippen molar-refractivity contribution in [2.24, 2.45) is 11.1 Å². The number of carbonyl (C=O) groups excluding carboxylic acids is 2. The van der Waals surface area contributed by atoms with Crippen LogP contribution >= 0.6 is 0 Å². The highest BCUT2D eigenvalue weighted by Crippen LogP contribution is 2.13. The van der Waals surface area contributed by atoms with Crippen LogP contribution in [0.15, 0.2) is 21.6 Å². The molecular formula is C15H24N2O6S. The lowest BCUT2D eigenvalue weighted by Gasteiger charge is -2.14. The summed E-state index contributed by atoms with van der Waals surface area (Å²) in [7, 11) is -4.03. The highest BCUT2D eigenvalue weighted by atomic mass is 32.2. The minimum absolute atomic E-state index is 0.0208. The molecule has 0 saturated heterocycles. The summed E-state index contributed by atoms with van der Waals surface area (Å²) in [6, 6.07) is 2.14. The number of esters is 1. The number of primary sulfonamides is 1. The van der Waals surface area contributed by atoms with Crippen LogP contribution in [-0.4, -0.2) is 32.9 Å². The van der Waals surface area contributed by atoms with Crippen LogP contribution in [0.3, 0.4) is 0 Å². The van der Waals surface area contributed by atoms with Gasteiger partial charge in [0.1, 0.15) is 0 Å². The maximum atomic E-state index is 11.7. The molecule has 1 heterocycles. The van der Waals surface area contributed by atoms with Crippen LogP contribution in [0.4, 0.5) is 0 Å². The maximum Gasteiger partial charge on any atom is 0.374 e. The van der Waals surface area contributed by atoms with E-state index in [0.29, 0.717) is 5.92 Å². The Hall–Kier alpha value is -1.87. The van der Waals surface area contributed by atoms with Gasteiger partial charge in [-0.3, -0.25) is 4.79 Å². The van der Waals surface area contributed by atoms with Crippen molar-refractivity contribution in [3.05, 3.63) is 17.9 Å². The van der Waals surface area contributed by atoms with Crippen LogP contribution in [0.2, 0.25) is 0 Å². The SMILES string of the molecule is CC(C)CCCC(C)NC(=O)COC(=O)c1ccc(S(N)(=O)=O)o1. The van der Waals surface area contributed by atoms with Gasteiger partial charge in [-0.05, 0) is 31.4 Å². The highest BCUT2D eigenvalue weighted by molar-refractivity contribution is 7.89. The minimum Gasteiger partial charge on any atom is -0.450 e. The second kappa shape index (κ2) is 8.84. The molecule has 9 heteroatoms. The van der Waals surface area contributed by atoms with E-state index < -0.39 is 33.6 Å². The number of sulfonamides is 1. The fraction of sp³-hybridized carbons (Fsp3) is 0.600. The van der Waals surface area contributed by atoms with Crippen molar-refractivity contribution in [1.82, 2.24) is 5.32 Å². The Morgan fingerprint density at radius 1 is 1.25 bits per heavy atom. The molecule has 1 rings (SSSR count). The summed E-state index contributed by atoms with van der Waals surface area (Å²) in [6.07, 6.45) is 2.93. The average molecular weight is 360 g/mol. The number of amides is 1. The molecule has 0 aliphatic carbocycles. The van der Waals surface area contributed by atoms with Gasteiger partial charge in [-0.2, -0.15) is 0 Å². The molecule has 0 radical (unpaired) electrons. The first kappa shape index (κ1) is 20.2. The maximum absolute atomic E-state index is 11.7. The van der Waals surface area contributed by atoms with E-state index in [1.807, 2.05) is 6.92 Å². The molecule has 0 aliphatic rings. The summed E-state index contributed by atoms with van der Waals surface area (Å²) < 4.78 is 31.7. The highest BCUT2D eigenvalue weighted by Gasteiger charge is 2.19. The van der Waals surface area contributed by atoms with Crippen molar-refractivity contribution < 1.29 is 27.2 Å². The molecule has 1 aromatic heterocycles. The van der Waals surface area contributed by atoms with Crippen molar-refractivity contribution in [1.29, 1.82) is 0 Å². The average Bonchev–Trinajstić information content (AvgIpc) is 2.94. The minimum atomic E-state index is -4.03. The lowest BCUT2D eigenvalue weighted by molar-refractivity contribution is -0.124. The van der Waals surface area contributed by atoms with Crippen LogP contribution in [0, 0.1) is 5.92 Å². The van der Waals surface area contributed by atoms with Crippen LogP contribution in [0.5, 0.6) is 0 Å². The van der Waals surface area contributed by atoms with Crippen LogP contribution in [0.1, 0.15) is 50.6 Å². The Bertz CT molecular complexity index is 665. The topological polar surface area (TPSA) is 129 Å². The van der Waals surface area contributed by atoms with E-state index in [1.165, 1.54) is 0 Å². The number of carbonyl (C=O) groups is 2. The molecule has 136 valence electrons. The van der Waals surface area contributed by atoms with Crippen molar-refractivity contribution >= 4 is 21.9 Å². The molecule has 1 aromatic rings. The lowest BCUT2D eigenvalue weighted by Crippen LogP contribution is -2.35. The third kappa shape index (κ3) is 7.14. The van der Waals surface area contributed by atoms with Crippen LogP contribution in [-0.2, 0) is 19.6 Å². The Labute approximate surface area is 141 Å². The molecule has 8 nitrogen and oxygen atoms in total. The molecule has 1 amide bonds. The van der Waals surface area contributed by atoms with Gasteiger partial charge in [-0.15, -0.1) is 0 Å². The molecule has 0 spiro atoms. The fourth-order valence-corrected chi connectivity index (χ4v) is 2.47. The van der Waals surface area contributed by atoms with Crippen molar-refractivity contribution in [3.8, 4) is 0 Å². The first-order valence-electron chi connectivity index (χ1n) is 7.68. The van der Waals surface area contributed by atoms with Gasteiger partial charge in [0.25, 0.3) is 15.9 Å². The van der Waals surface area contributed by atoms with Gasteiger partial charge in [0, 0.05) is 6.04 Å². The summed E-state index contributed by atoms with van der Waals surface area (Å²) in [5, 5.41) is 7.05. The predicted molar refractivity (Wildman–Crippen MR) is 86.7 cm³/mol. The predicted octanol–water partition coefficient (Wildman–Crippen LogP) is 1.41. The van der Waals surface area contributed by atoms with E-state index in [2.05, 4.69) is 19.2 Å². The molecule has 0 fully saturated rings. The number of hydrogen-bond donors (Lipinski definition) is 2. The van der Waals surface area contributed by atoms with Crippen molar-refractivity contribution in [3.63, 3.8) is 0 Å². The zero-order valence-electron chi connectivity index (χ0n) is 14.1. The zero-order chi connectivity index (χ0) is 18.3. The van der Waals surface area contributed by atoms with Crippen LogP contribution in [0.25, 0.3) is 0 Å². The standard InChI is InChI=1S/C15H24N2O6S/c1-10(2)5-4-6-11(3)17-13(18)9-22-15(19)12-7-8-14(23-12)24(16,20)21/h7-8,10-11H,4-6,9H2,1-3H3,(H,17,18)(H2,16,20,21). The fourth-order valence-electron chi connectivity index (χ4n) is 2.01. The van der Waals surface area contributed by atoms with E-state index >= 15 is 0 Å². The Kier molecular flexibility index (Phi) is 7.43. The summed E-state index contributed by atoms with van der Waals surface area (Å²) in [5.41, 5.74) is 0. The number of nitrogens with one attached hydrogen (secondary N) is 1. The Morgan fingerprint density at radius 3 is 2.46 bits per heavy atom. The van der Waals surface area contributed by atoms with Gasteiger partial charge in [-0.1, -0.05) is 26.7 Å². The first-order valence-corrected chi connectivity index (χ1v) is 9.23. The van der Waals surface area contributed by atoms with E-state index in [0.717, 1.165) is 31.4 Å². The summed E-state index contributed by atoms with van der Waals surface area (Å²) in [4.78, 5) is 23.4. The Balaban J connectivity index is 2.38. The third-order valence-corrected chi connectivity index (χ3v) is 4.00.